The SMILES string of the molecule is CCCCCCCCCCCCCOCCOP(=O)([O-])O.[Na+]. The van der Waals surface area contributed by atoms with E-state index in [4.69, 9.17) is 9.63 Å². The first kappa shape index (κ1) is 25.3. The average molecular weight is 346 g/mol. The third-order valence-electron chi connectivity index (χ3n) is 3.37. The molecule has 0 aromatic carbocycles. The Morgan fingerprint density at radius 2 is 1.27 bits per heavy atom. The molecule has 0 amide bonds. The van der Waals surface area contributed by atoms with E-state index in [2.05, 4.69) is 11.4 Å². The minimum atomic E-state index is -4.58. The Kier molecular flexibility index (Phi) is 21.2. The van der Waals surface area contributed by atoms with E-state index < -0.39 is 7.82 Å². The van der Waals surface area contributed by atoms with Gasteiger partial charge < -0.3 is 19.0 Å². The second kappa shape index (κ2) is 18.4. The smallest absolute Gasteiger partial charge is 0.756 e. The van der Waals surface area contributed by atoms with Gasteiger partial charge in [0.05, 0.1) is 13.2 Å². The fourth-order valence-electron chi connectivity index (χ4n) is 2.18. The van der Waals surface area contributed by atoms with Crippen LogP contribution in [0, 0.1) is 0 Å². The quantitative estimate of drug-likeness (QED) is 0.254. The van der Waals surface area contributed by atoms with Gasteiger partial charge in [0.2, 0.25) is 0 Å². The molecule has 0 aromatic rings. The van der Waals surface area contributed by atoms with E-state index in [1.165, 1.54) is 57.8 Å². The van der Waals surface area contributed by atoms with Crippen LogP contribution in [0.4, 0.5) is 0 Å². The molecule has 0 saturated carbocycles. The molecule has 0 aliphatic carbocycles. The molecule has 0 radical (unpaired) electrons. The van der Waals surface area contributed by atoms with Gasteiger partial charge in [-0.25, -0.2) is 0 Å². The molecule has 0 rings (SSSR count). The molecule has 0 aliphatic heterocycles. The molecular formula is C15H32NaO5P. The van der Waals surface area contributed by atoms with Crippen molar-refractivity contribution in [3.8, 4) is 0 Å². The standard InChI is InChI=1S/C15H33O5P.Na/c1-2-3-4-5-6-7-8-9-10-11-12-13-19-14-15-20-21(16,17)18;/h2-15H2,1H3,(H2,16,17,18);/q;+1/p-1. The van der Waals surface area contributed by atoms with Crippen LogP contribution < -0.4 is 34.5 Å². The van der Waals surface area contributed by atoms with Crippen molar-refractivity contribution in [3.05, 3.63) is 0 Å². The summed E-state index contributed by atoms with van der Waals surface area (Å²) < 4.78 is 19.7. The van der Waals surface area contributed by atoms with Crippen molar-refractivity contribution in [2.75, 3.05) is 19.8 Å². The van der Waals surface area contributed by atoms with Crippen LogP contribution in [-0.2, 0) is 13.8 Å². The fourth-order valence-corrected chi connectivity index (χ4v) is 2.49. The molecule has 0 aromatic heterocycles. The summed E-state index contributed by atoms with van der Waals surface area (Å²) >= 11 is 0. The van der Waals surface area contributed by atoms with Crippen LogP contribution in [0.15, 0.2) is 0 Å². The van der Waals surface area contributed by atoms with Crippen molar-refractivity contribution >= 4 is 7.82 Å². The summed E-state index contributed by atoms with van der Waals surface area (Å²) in [5, 5.41) is 0. The van der Waals surface area contributed by atoms with Crippen LogP contribution in [-0.4, -0.2) is 24.7 Å². The van der Waals surface area contributed by atoms with Gasteiger partial charge in [0.1, 0.15) is 0 Å². The van der Waals surface area contributed by atoms with E-state index in [1.54, 1.807) is 0 Å². The van der Waals surface area contributed by atoms with Crippen LogP contribution >= 0.6 is 7.82 Å². The van der Waals surface area contributed by atoms with E-state index >= 15 is 0 Å². The molecule has 0 bridgehead atoms. The van der Waals surface area contributed by atoms with E-state index in [0.717, 1.165) is 12.8 Å². The zero-order valence-corrected chi connectivity index (χ0v) is 17.3. The van der Waals surface area contributed by atoms with Gasteiger partial charge in [0.25, 0.3) is 7.82 Å². The molecule has 7 heteroatoms. The van der Waals surface area contributed by atoms with Crippen molar-refractivity contribution in [1.82, 2.24) is 0 Å². The summed E-state index contributed by atoms with van der Waals surface area (Å²) in [7, 11) is -4.58. The number of rotatable bonds is 16. The van der Waals surface area contributed by atoms with Crippen molar-refractivity contribution in [1.29, 1.82) is 0 Å². The Labute approximate surface area is 158 Å². The first-order chi connectivity index (χ1) is 10.1. The predicted molar refractivity (Wildman–Crippen MR) is 83.1 cm³/mol. The van der Waals surface area contributed by atoms with Gasteiger partial charge in [0, 0.05) is 6.61 Å². The molecule has 1 unspecified atom stereocenters. The van der Waals surface area contributed by atoms with Crippen LogP contribution in [0.2, 0.25) is 0 Å². The van der Waals surface area contributed by atoms with Gasteiger partial charge in [-0.05, 0) is 6.42 Å². The molecule has 0 heterocycles. The van der Waals surface area contributed by atoms with Crippen molar-refractivity contribution < 1.29 is 53.2 Å². The summed E-state index contributed by atoms with van der Waals surface area (Å²) in [6.07, 6.45) is 14.2. The maximum Gasteiger partial charge on any atom is 1.00 e. The number of ether oxygens (including phenoxy) is 1. The zero-order chi connectivity index (χ0) is 15.8. The Bertz CT molecular complexity index is 260. The first-order valence-corrected chi connectivity index (χ1v) is 9.82. The number of hydrogen-bond donors (Lipinski definition) is 1. The number of unbranched alkanes of at least 4 members (excludes halogenated alkanes) is 10. The van der Waals surface area contributed by atoms with E-state index in [-0.39, 0.29) is 42.8 Å². The Hall–Kier alpha value is 1.07. The summed E-state index contributed by atoms with van der Waals surface area (Å²) in [6.45, 7) is 2.94. The monoisotopic (exact) mass is 346 g/mol. The van der Waals surface area contributed by atoms with Gasteiger partial charge >= 0.3 is 29.6 Å². The van der Waals surface area contributed by atoms with Gasteiger partial charge in [-0.2, -0.15) is 0 Å². The van der Waals surface area contributed by atoms with Gasteiger partial charge in [-0.3, -0.25) is 4.57 Å². The third-order valence-corrected chi connectivity index (χ3v) is 3.88. The zero-order valence-electron chi connectivity index (χ0n) is 14.4. The minimum absolute atomic E-state index is 0. The average Bonchev–Trinajstić information content (AvgIpc) is 2.42. The Morgan fingerprint density at radius 1 is 0.818 bits per heavy atom. The van der Waals surface area contributed by atoms with Crippen molar-refractivity contribution in [2.45, 2.75) is 77.6 Å². The summed E-state index contributed by atoms with van der Waals surface area (Å²) in [6, 6.07) is 0. The van der Waals surface area contributed by atoms with Gasteiger partial charge in [-0.1, -0.05) is 71.1 Å². The molecular weight excluding hydrogens is 314 g/mol. The molecule has 0 fully saturated rings. The van der Waals surface area contributed by atoms with Crippen LogP contribution in [0.25, 0.3) is 0 Å². The normalized spacial score (nSPS) is 13.6. The number of hydrogen-bond acceptors (Lipinski definition) is 4. The Balaban J connectivity index is 0. The molecule has 128 valence electrons. The molecule has 5 nitrogen and oxygen atoms in total. The predicted octanol–water partition coefficient (Wildman–Crippen LogP) is 0.795. The molecule has 0 aliphatic rings. The number of phosphoric acid groups is 1. The van der Waals surface area contributed by atoms with Crippen LogP contribution in [0.3, 0.4) is 0 Å². The Morgan fingerprint density at radius 3 is 1.73 bits per heavy atom. The molecule has 0 saturated heterocycles. The van der Waals surface area contributed by atoms with Crippen molar-refractivity contribution in [2.24, 2.45) is 0 Å². The largest absolute Gasteiger partial charge is 1.00 e. The molecule has 22 heavy (non-hydrogen) atoms. The van der Waals surface area contributed by atoms with E-state index in [1.807, 2.05) is 0 Å². The van der Waals surface area contributed by atoms with E-state index in [0.29, 0.717) is 6.61 Å². The minimum Gasteiger partial charge on any atom is -0.756 e. The summed E-state index contributed by atoms with van der Waals surface area (Å²) in [5.41, 5.74) is 0. The summed E-state index contributed by atoms with van der Waals surface area (Å²) in [4.78, 5) is 18.6. The molecule has 1 atom stereocenters. The molecule has 1 N–H and O–H groups in total. The number of phosphoric ester groups is 1. The second-order valence-electron chi connectivity index (χ2n) is 5.45. The van der Waals surface area contributed by atoms with Gasteiger partial charge in [0.15, 0.2) is 0 Å². The first-order valence-electron chi connectivity index (χ1n) is 8.32. The van der Waals surface area contributed by atoms with Gasteiger partial charge in [-0.15, -0.1) is 0 Å². The maximum absolute atomic E-state index is 10.3. The second-order valence-corrected chi connectivity index (χ2v) is 6.64. The van der Waals surface area contributed by atoms with Crippen molar-refractivity contribution in [3.63, 3.8) is 0 Å². The molecule has 0 spiro atoms. The van der Waals surface area contributed by atoms with E-state index in [9.17, 15) is 9.46 Å². The maximum atomic E-state index is 10.3. The van der Waals surface area contributed by atoms with Crippen LogP contribution in [0.5, 0.6) is 0 Å². The van der Waals surface area contributed by atoms with Crippen LogP contribution in [0.1, 0.15) is 77.6 Å². The third kappa shape index (κ3) is 23.3. The summed E-state index contributed by atoms with van der Waals surface area (Å²) in [5.74, 6) is 0. The topological polar surface area (TPSA) is 78.8 Å². The fraction of sp³-hybridized carbons (Fsp3) is 1.00.